The normalized spacial score (nSPS) is 10.4. The summed E-state index contributed by atoms with van der Waals surface area (Å²) in [6.45, 7) is -0.666. The van der Waals surface area contributed by atoms with E-state index >= 15 is 0 Å². The van der Waals surface area contributed by atoms with Crippen LogP contribution in [0.1, 0.15) is 32.0 Å². The molecule has 0 saturated carbocycles. The van der Waals surface area contributed by atoms with E-state index in [0.717, 1.165) is 16.8 Å². The molecule has 1 amide bonds. The molecule has 0 aliphatic carbocycles. The van der Waals surface area contributed by atoms with Crippen LogP contribution in [0.4, 0.5) is 8.78 Å². The fourth-order valence-electron chi connectivity index (χ4n) is 2.97. The number of pyridine rings is 1. The molecular weight excluding hydrogens is 422 g/mol. The molecule has 0 aliphatic heterocycles. The first kappa shape index (κ1) is 22.5. The summed E-state index contributed by atoms with van der Waals surface area (Å²) in [5.74, 6) is -2.88. The topological polar surface area (TPSA) is 94.5 Å². The van der Waals surface area contributed by atoms with Crippen LogP contribution in [0, 0.1) is 11.6 Å². The lowest BCUT2D eigenvalue weighted by Crippen LogP contribution is -2.31. The Morgan fingerprint density at radius 3 is 2.50 bits per heavy atom. The van der Waals surface area contributed by atoms with Gasteiger partial charge in [0.25, 0.3) is 5.91 Å². The van der Waals surface area contributed by atoms with Gasteiger partial charge in [0.1, 0.15) is 35.8 Å². The Morgan fingerprint density at radius 1 is 1.09 bits per heavy atom. The molecule has 0 atom stereocenters. The van der Waals surface area contributed by atoms with Gasteiger partial charge in [0, 0.05) is 24.4 Å². The predicted octanol–water partition coefficient (Wildman–Crippen LogP) is 2.65. The van der Waals surface area contributed by atoms with Crippen molar-refractivity contribution in [2.75, 3.05) is 0 Å². The largest absolute Gasteiger partial charge is 0.483 e. The maximum Gasteiger partial charge on any atom is 0.257 e. The van der Waals surface area contributed by atoms with Crippen molar-refractivity contribution >= 4 is 18.5 Å². The molecule has 0 saturated heterocycles. The van der Waals surface area contributed by atoms with Crippen molar-refractivity contribution < 1.29 is 27.9 Å². The van der Waals surface area contributed by atoms with Gasteiger partial charge in [0.2, 0.25) is 5.43 Å². The van der Waals surface area contributed by atoms with Crippen molar-refractivity contribution in [3.63, 3.8) is 0 Å². The van der Waals surface area contributed by atoms with Gasteiger partial charge in [0.05, 0.1) is 6.54 Å². The van der Waals surface area contributed by atoms with Crippen molar-refractivity contribution in [2.24, 2.45) is 0 Å². The lowest BCUT2D eigenvalue weighted by Gasteiger charge is -2.15. The number of nitrogens with zero attached hydrogens (tertiary/aromatic N) is 1. The van der Waals surface area contributed by atoms with Crippen LogP contribution in [0.15, 0.2) is 59.5 Å². The molecule has 0 fully saturated rings. The molecule has 9 heteroatoms. The Balaban J connectivity index is 1.92. The zero-order valence-corrected chi connectivity index (χ0v) is 16.7. The molecule has 3 aromatic rings. The molecule has 1 N–H and O–H groups in total. The summed E-state index contributed by atoms with van der Waals surface area (Å²) in [6.07, 6.45) is 1.92. The van der Waals surface area contributed by atoms with Crippen LogP contribution in [0.25, 0.3) is 0 Å². The Morgan fingerprint density at radius 2 is 1.84 bits per heavy atom. The van der Waals surface area contributed by atoms with E-state index in [-0.39, 0.29) is 36.7 Å². The third-order valence-corrected chi connectivity index (χ3v) is 4.59. The molecule has 7 nitrogen and oxygen atoms in total. The minimum Gasteiger partial charge on any atom is -0.483 e. The Bertz CT molecular complexity index is 1210. The third kappa shape index (κ3) is 5.12. The molecule has 0 bridgehead atoms. The van der Waals surface area contributed by atoms with Crippen LogP contribution >= 0.6 is 0 Å². The summed E-state index contributed by atoms with van der Waals surface area (Å²) in [7, 11) is 0. The number of halogens is 2. The fraction of sp³-hybridized carbons (Fsp3) is 0.130. The van der Waals surface area contributed by atoms with E-state index in [4.69, 9.17) is 4.74 Å². The van der Waals surface area contributed by atoms with Gasteiger partial charge in [-0.3, -0.25) is 14.4 Å². The maximum atomic E-state index is 13.8. The highest BCUT2D eigenvalue weighted by Gasteiger charge is 2.21. The smallest absolute Gasteiger partial charge is 0.257 e. The number of ether oxygens (including phenoxy) is 1. The molecule has 3 rings (SSSR count). The van der Waals surface area contributed by atoms with Crippen LogP contribution in [-0.4, -0.2) is 23.0 Å². The molecule has 32 heavy (non-hydrogen) atoms. The average molecular weight is 440 g/mol. The predicted molar refractivity (Wildman–Crippen MR) is 110 cm³/mol. The van der Waals surface area contributed by atoms with Gasteiger partial charge < -0.3 is 19.4 Å². The molecule has 1 aromatic heterocycles. The summed E-state index contributed by atoms with van der Waals surface area (Å²) in [5, 5.41) is 2.38. The van der Waals surface area contributed by atoms with E-state index in [9.17, 15) is 28.0 Å². The van der Waals surface area contributed by atoms with Gasteiger partial charge in [0.15, 0.2) is 12.0 Å². The fourth-order valence-corrected chi connectivity index (χ4v) is 2.97. The second kappa shape index (κ2) is 10.3. The van der Waals surface area contributed by atoms with Crippen molar-refractivity contribution in [3.05, 3.63) is 99.0 Å². The first-order chi connectivity index (χ1) is 15.4. The van der Waals surface area contributed by atoms with Gasteiger partial charge in [-0.25, -0.2) is 8.78 Å². The van der Waals surface area contributed by atoms with Crippen molar-refractivity contribution in [1.82, 2.24) is 9.88 Å². The lowest BCUT2D eigenvalue weighted by molar-refractivity contribution is -0.108. The SMILES string of the molecule is O=CCn1cc(C(=O)NCc2ccc(F)cc2F)c(=O)c(OCc2ccccc2)c1C=O. The third-order valence-electron chi connectivity index (χ3n) is 4.59. The number of carbonyl (C=O) groups excluding carboxylic acids is 3. The molecule has 0 radical (unpaired) electrons. The maximum absolute atomic E-state index is 13.8. The lowest BCUT2D eigenvalue weighted by atomic mass is 10.1. The first-order valence-electron chi connectivity index (χ1n) is 9.49. The molecule has 164 valence electrons. The van der Waals surface area contributed by atoms with Gasteiger partial charge in [-0.05, 0) is 11.6 Å². The monoisotopic (exact) mass is 440 g/mol. The summed E-state index contributed by atoms with van der Waals surface area (Å²) < 4.78 is 33.5. The summed E-state index contributed by atoms with van der Waals surface area (Å²) in [6, 6.07) is 11.7. The van der Waals surface area contributed by atoms with Gasteiger partial charge in [-0.1, -0.05) is 36.4 Å². The zero-order chi connectivity index (χ0) is 23.1. The van der Waals surface area contributed by atoms with Crippen LogP contribution in [0.5, 0.6) is 5.75 Å². The molecule has 0 spiro atoms. The van der Waals surface area contributed by atoms with Crippen molar-refractivity contribution in [2.45, 2.75) is 19.7 Å². The van der Waals surface area contributed by atoms with E-state index < -0.39 is 28.5 Å². The number of hydrogen-bond acceptors (Lipinski definition) is 5. The highest BCUT2D eigenvalue weighted by Crippen LogP contribution is 2.16. The molecule has 2 aromatic carbocycles. The number of amides is 1. The molecule has 1 heterocycles. The van der Waals surface area contributed by atoms with Gasteiger partial charge in [-0.2, -0.15) is 0 Å². The van der Waals surface area contributed by atoms with Gasteiger partial charge >= 0.3 is 0 Å². The summed E-state index contributed by atoms with van der Waals surface area (Å²) in [5.41, 5.74) is -0.727. The van der Waals surface area contributed by atoms with E-state index in [1.807, 2.05) is 0 Å². The minimum absolute atomic E-state index is 0.0121. The highest BCUT2D eigenvalue weighted by atomic mass is 19.1. The quantitative estimate of drug-likeness (QED) is 0.517. The Labute approximate surface area is 181 Å². The number of aromatic nitrogens is 1. The number of benzene rings is 2. The van der Waals surface area contributed by atoms with Gasteiger partial charge in [-0.15, -0.1) is 0 Å². The second-order valence-corrected chi connectivity index (χ2v) is 6.72. The van der Waals surface area contributed by atoms with Crippen LogP contribution in [0.2, 0.25) is 0 Å². The molecule has 0 aliphatic rings. The van der Waals surface area contributed by atoms with E-state index in [2.05, 4.69) is 5.32 Å². The van der Waals surface area contributed by atoms with Crippen LogP contribution in [-0.2, 0) is 24.5 Å². The van der Waals surface area contributed by atoms with Crippen LogP contribution in [0.3, 0.4) is 0 Å². The van der Waals surface area contributed by atoms with E-state index in [0.29, 0.717) is 24.2 Å². The summed E-state index contributed by atoms with van der Waals surface area (Å²) in [4.78, 5) is 48.2. The van der Waals surface area contributed by atoms with E-state index in [1.54, 1.807) is 30.3 Å². The van der Waals surface area contributed by atoms with Crippen molar-refractivity contribution in [1.29, 1.82) is 0 Å². The number of nitrogens with one attached hydrogen (secondary N) is 1. The second-order valence-electron chi connectivity index (χ2n) is 6.72. The minimum atomic E-state index is -0.875. The number of hydrogen-bond donors (Lipinski definition) is 1. The Hall–Kier alpha value is -4.14. The van der Waals surface area contributed by atoms with Crippen molar-refractivity contribution in [3.8, 4) is 5.75 Å². The first-order valence-corrected chi connectivity index (χ1v) is 9.49. The zero-order valence-electron chi connectivity index (χ0n) is 16.7. The molecule has 0 unspecified atom stereocenters. The van der Waals surface area contributed by atoms with E-state index in [1.165, 1.54) is 6.07 Å². The highest BCUT2D eigenvalue weighted by molar-refractivity contribution is 5.95. The standard InChI is InChI=1S/C23H18F2N2O5/c24-17-7-6-16(19(25)10-17)11-26-23(31)18-12-27(8-9-28)20(13-29)22(21(18)30)32-14-15-4-2-1-3-5-15/h1-7,9-10,12-13H,8,11,14H2,(H,26,31). The number of carbonyl (C=O) groups is 3. The average Bonchev–Trinajstić information content (AvgIpc) is 2.79. The molecular formula is C23H18F2N2O5. The number of rotatable bonds is 9. The Kier molecular flexibility index (Phi) is 7.22. The summed E-state index contributed by atoms with van der Waals surface area (Å²) >= 11 is 0. The number of aldehydes is 2. The van der Waals surface area contributed by atoms with Crippen LogP contribution < -0.4 is 15.5 Å².